The molecule has 0 atom stereocenters. The van der Waals surface area contributed by atoms with Crippen LogP contribution in [0.15, 0.2) is 12.1 Å². The van der Waals surface area contributed by atoms with Crippen molar-refractivity contribution in [3.8, 4) is 11.5 Å². The Morgan fingerprint density at radius 3 is 2.53 bits per heavy atom. The van der Waals surface area contributed by atoms with Crippen molar-refractivity contribution in [2.45, 2.75) is 32.6 Å². The molecule has 2 N–H and O–H groups in total. The second-order valence-electron chi connectivity index (χ2n) is 5.96. The zero-order valence-corrected chi connectivity index (χ0v) is 11.1. The molecule has 2 fully saturated rings. The van der Waals surface area contributed by atoms with Gasteiger partial charge in [0.25, 0.3) is 5.91 Å². The number of hydrogen-bond donors (Lipinski definition) is 2. The predicted octanol–water partition coefficient (Wildman–Crippen LogP) is 2.42. The third-order valence-electron chi connectivity index (χ3n) is 4.72. The fourth-order valence-electron chi connectivity index (χ4n) is 3.22. The Morgan fingerprint density at radius 2 is 1.95 bits per heavy atom. The molecule has 2 aliphatic rings. The van der Waals surface area contributed by atoms with Crippen LogP contribution in [0.25, 0.3) is 0 Å². The molecule has 1 aromatic carbocycles. The highest BCUT2D eigenvalue weighted by Gasteiger charge is 2.44. The number of phenolic OH excluding ortho intramolecular Hbond substituents is 2. The van der Waals surface area contributed by atoms with E-state index in [0.29, 0.717) is 11.0 Å². The van der Waals surface area contributed by atoms with Crippen LogP contribution in [0.5, 0.6) is 11.5 Å². The number of amides is 1. The van der Waals surface area contributed by atoms with Crippen LogP contribution < -0.4 is 0 Å². The summed E-state index contributed by atoms with van der Waals surface area (Å²) in [5, 5.41) is 19.6. The molecule has 3 rings (SSSR count). The molecule has 1 spiro atoms. The second-order valence-corrected chi connectivity index (χ2v) is 5.96. The van der Waals surface area contributed by atoms with Gasteiger partial charge < -0.3 is 15.1 Å². The number of likely N-dealkylation sites (tertiary alicyclic amines) is 1. The highest BCUT2D eigenvalue weighted by molar-refractivity contribution is 5.98. The number of nitrogens with zero attached hydrogens (tertiary/aromatic N) is 1. The third kappa shape index (κ3) is 1.86. The van der Waals surface area contributed by atoms with Crippen LogP contribution >= 0.6 is 0 Å². The minimum absolute atomic E-state index is 0.170. The molecule has 1 aliphatic heterocycles. The number of benzene rings is 1. The zero-order valence-electron chi connectivity index (χ0n) is 11.1. The maximum atomic E-state index is 12.4. The molecular weight excluding hydrogens is 242 g/mol. The van der Waals surface area contributed by atoms with Gasteiger partial charge in [0.1, 0.15) is 0 Å². The zero-order chi connectivity index (χ0) is 13.6. The largest absolute Gasteiger partial charge is 0.504 e. The van der Waals surface area contributed by atoms with Crippen molar-refractivity contribution in [2.24, 2.45) is 5.41 Å². The van der Waals surface area contributed by atoms with Gasteiger partial charge in [0, 0.05) is 13.1 Å². The molecule has 1 aromatic rings. The Labute approximate surface area is 112 Å². The van der Waals surface area contributed by atoms with Crippen molar-refractivity contribution in [2.75, 3.05) is 13.1 Å². The average molecular weight is 261 g/mol. The first kappa shape index (κ1) is 12.3. The van der Waals surface area contributed by atoms with E-state index in [0.717, 1.165) is 19.5 Å². The lowest BCUT2D eigenvalue weighted by atomic mass is 9.68. The number of phenols is 2. The molecule has 1 saturated carbocycles. The SMILES string of the molecule is Cc1ccc(C(=O)N2CCC3(CCC3)C2)c(O)c1O. The minimum atomic E-state index is -0.292. The molecule has 4 nitrogen and oxygen atoms in total. The predicted molar refractivity (Wildman–Crippen MR) is 71.3 cm³/mol. The fraction of sp³-hybridized carbons (Fsp3) is 0.533. The smallest absolute Gasteiger partial charge is 0.257 e. The molecule has 19 heavy (non-hydrogen) atoms. The highest BCUT2D eigenvalue weighted by atomic mass is 16.3. The molecular formula is C15H19NO3. The summed E-state index contributed by atoms with van der Waals surface area (Å²) in [5.74, 6) is -0.653. The summed E-state index contributed by atoms with van der Waals surface area (Å²) >= 11 is 0. The van der Waals surface area contributed by atoms with E-state index in [1.165, 1.54) is 19.3 Å². The van der Waals surface area contributed by atoms with Crippen LogP contribution in [0.4, 0.5) is 0 Å². The van der Waals surface area contributed by atoms with Crippen molar-refractivity contribution < 1.29 is 15.0 Å². The highest BCUT2D eigenvalue weighted by Crippen LogP contribution is 2.48. The van der Waals surface area contributed by atoms with Gasteiger partial charge in [0.15, 0.2) is 11.5 Å². The Balaban J connectivity index is 1.83. The number of aromatic hydroxyl groups is 2. The van der Waals surface area contributed by atoms with Gasteiger partial charge in [-0.25, -0.2) is 0 Å². The van der Waals surface area contributed by atoms with Crippen LogP contribution in [0.3, 0.4) is 0 Å². The molecule has 0 unspecified atom stereocenters. The third-order valence-corrected chi connectivity index (χ3v) is 4.72. The van der Waals surface area contributed by atoms with Crippen LogP contribution in [0.2, 0.25) is 0 Å². The Kier molecular flexibility index (Phi) is 2.69. The van der Waals surface area contributed by atoms with Crippen molar-refractivity contribution >= 4 is 5.91 Å². The summed E-state index contributed by atoms with van der Waals surface area (Å²) in [6.45, 7) is 3.25. The first-order valence-electron chi connectivity index (χ1n) is 6.83. The Hall–Kier alpha value is -1.71. The number of aryl methyl sites for hydroxylation is 1. The lowest BCUT2D eigenvalue weighted by Crippen LogP contribution is -2.35. The normalized spacial score (nSPS) is 20.6. The summed E-state index contributed by atoms with van der Waals surface area (Å²) in [6, 6.07) is 3.26. The van der Waals surface area contributed by atoms with Gasteiger partial charge in [-0.15, -0.1) is 0 Å². The van der Waals surface area contributed by atoms with Crippen molar-refractivity contribution in [1.82, 2.24) is 4.90 Å². The van der Waals surface area contributed by atoms with E-state index < -0.39 is 0 Å². The number of hydrogen-bond acceptors (Lipinski definition) is 3. The monoisotopic (exact) mass is 261 g/mol. The molecule has 102 valence electrons. The summed E-state index contributed by atoms with van der Waals surface area (Å²) in [6.07, 6.45) is 4.75. The molecule has 0 radical (unpaired) electrons. The van der Waals surface area contributed by atoms with E-state index in [1.807, 2.05) is 4.90 Å². The fourth-order valence-corrected chi connectivity index (χ4v) is 3.22. The summed E-state index contributed by atoms with van der Waals surface area (Å²) in [5.41, 5.74) is 1.13. The molecule has 1 aliphatic carbocycles. The summed E-state index contributed by atoms with van der Waals surface area (Å²) < 4.78 is 0. The van der Waals surface area contributed by atoms with Crippen LogP contribution in [0, 0.1) is 12.3 Å². The lowest BCUT2D eigenvalue weighted by Gasteiger charge is -2.37. The van der Waals surface area contributed by atoms with Crippen LogP contribution in [-0.4, -0.2) is 34.1 Å². The average Bonchev–Trinajstić information content (AvgIpc) is 2.81. The minimum Gasteiger partial charge on any atom is -0.504 e. The van der Waals surface area contributed by atoms with Crippen LogP contribution in [0.1, 0.15) is 41.6 Å². The van der Waals surface area contributed by atoms with Crippen molar-refractivity contribution in [1.29, 1.82) is 0 Å². The van der Waals surface area contributed by atoms with Gasteiger partial charge in [0.2, 0.25) is 0 Å². The van der Waals surface area contributed by atoms with E-state index >= 15 is 0 Å². The van der Waals surface area contributed by atoms with E-state index in [-0.39, 0.29) is 23.0 Å². The second kappa shape index (κ2) is 4.15. The van der Waals surface area contributed by atoms with E-state index in [4.69, 9.17) is 0 Å². The van der Waals surface area contributed by atoms with Gasteiger partial charge in [-0.1, -0.05) is 12.5 Å². The maximum Gasteiger partial charge on any atom is 0.257 e. The van der Waals surface area contributed by atoms with Gasteiger partial charge in [-0.3, -0.25) is 4.79 Å². The summed E-state index contributed by atoms with van der Waals surface area (Å²) in [4.78, 5) is 14.2. The quantitative estimate of drug-likeness (QED) is 0.763. The van der Waals surface area contributed by atoms with Gasteiger partial charge >= 0.3 is 0 Å². The molecule has 0 aromatic heterocycles. The molecule has 0 bridgehead atoms. The molecule has 1 amide bonds. The molecule has 4 heteroatoms. The van der Waals surface area contributed by atoms with Gasteiger partial charge in [-0.05, 0) is 43.2 Å². The first-order valence-corrected chi connectivity index (χ1v) is 6.83. The number of rotatable bonds is 1. The topological polar surface area (TPSA) is 60.8 Å². The van der Waals surface area contributed by atoms with Crippen LogP contribution in [-0.2, 0) is 0 Å². The van der Waals surface area contributed by atoms with E-state index in [2.05, 4.69) is 0 Å². The van der Waals surface area contributed by atoms with Gasteiger partial charge in [-0.2, -0.15) is 0 Å². The summed E-state index contributed by atoms with van der Waals surface area (Å²) in [7, 11) is 0. The van der Waals surface area contributed by atoms with Gasteiger partial charge in [0.05, 0.1) is 5.56 Å². The standard InChI is InChI=1S/C15H19NO3/c1-10-3-4-11(13(18)12(10)17)14(19)16-8-7-15(9-16)5-2-6-15/h3-4,17-18H,2,5-9H2,1H3. The van der Waals surface area contributed by atoms with Crippen molar-refractivity contribution in [3.05, 3.63) is 23.3 Å². The Morgan fingerprint density at radius 1 is 1.21 bits per heavy atom. The van der Waals surface area contributed by atoms with Crippen molar-refractivity contribution in [3.63, 3.8) is 0 Å². The first-order chi connectivity index (χ1) is 9.02. The Bertz CT molecular complexity index is 534. The van der Waals surface area contributed by atoms with E-state index in [1.54, 1.807) is 19.1 Å². The van der Waals surface area contributed by atoms with E-state index in [9.17, 15) is 15.0 Å². The maximum absolute atomic E-state index is 12.4. The molecule has 1 saturated heterocycles. The number of carbonyl (C=O) groups is 1. The lowest BCUT2D eigenvalue weighted by molar-refractivity contribution is 0.0728. The molecule has 1 heterocycles. The number of carbonyl (C=O) groups excluding carboxylic acids is 1.